The van der Waals surface area contributed by atoms with Gasteiger partial charge in [-0.2, -0.15) is 13.2 Å². The first-order chi connectivity index (χ1) is 20.0. The average Bonchev–Trinajstić information content (AvgIpc) is 3.29. The van der Waals surface area contributed by atoms with Crippen molar-refractivity contribution in [3.63, 3.8) is 0 Å². The zero-order chi connectivity index (χ0) is 30.0. The fourth-order valence-electron chi connectivity index (χ4n) is 5.96. The topological polar surface area (TPSA) is 97.6 Å². The summed E-state index contributed by atoms with van der Waals surface area (Å²) >= 11 is 0. The number of rotatable bonds is 10. The highest BCUT2D eigenvalue weighted by Gasteiger charge is 2.38. The molecule has 11 heteroatoms. The fraction of sp³-hybridized carbons (Fsp3) is 0.581. The van der Waals surface area contributed by atoms with Crippen molar-refractivity contribution in [2.24, 2.45) is 17.8 Å². The zero-order valence-corrected chi connectivity index (χ0v) is 24.5. The Bertz CT molecular complexity index is 1420. The molecule has 0 radical (unpaired) electrons. The molecule has 5 rings (SSSR count). The van der Waals surface area contributed by atoms with Crippen molar-refractivity contribution in [2.75, 3.05) is 5.32 Å². The number of nitrogens with zero attached hydrogens (tertiary/aromatic N) is 5. The second-order valence-corrected chi connectivity index (χ2v) is 12.2. The van der Waals surface area contributed by atoms with Gasteiger partial charge in [0.05, 0.1) is 6.54 Å². The zero-order valence-electron chi connectivity index (χ0n) is 24.5. The summed E-state index contributed by atoms with van der Waals surface area (Å²) in [7, 11) is 0. The van der Waals surface area contributed by atoms with Gasteiger partial charge in [-0.05, 0) is 86.8 Å². The van der Waals surface area contributed by atoms with E-state index in [2.05, 4.69) is 52.2 Å². The van der Waals surface area contributed by atoms with E-state index in [0.717, 1.165) is 44.1 Å². The van der Waals surface area contributed by atoms with Crippen molar-refractivity contribution in [1.82, 2.24) is 29.8 Å². The van der Waals surface area contributed by atoms with E-state index in [9.17, 15) is 18.0 Å². The van der Waals surface area contributed by atoms with E-state index in [1.807, 2.05) is 23.5 Å². The molecule has 3 heterocycles. The van der Waals surface area contributed by atoms with Gasteiger partial charge in [0.2, 0.25) is 0 Å². The molecule has 0 bridgehead atoms. The molecule has 1 amide bonds. The van der Waals surface area contributed by atoms with Crippen LogP contribution < -0.4 is 10.6 Å². The van der Waals surface area contributed by atoms with Crippen LogP contribution in [-0.4, -0.2) is 42.6 Å². The molecule has 2 N–H and O–H groups in total. The van der Waals surface area contributed by atoms with Gasteiger partial charge in [-0.15, -0.1) is 6.58 Å². The Labute approximate surface area is 244 Å². The van der Waals surface area contributed by atoms with Crippen molar-refractivity contribution >= 4 is 22.9 Å². The maximum absolute atomic E-state index is 12.9. The number of allylic oxidation sites excluding steroid dienone is 1. The van der Waals surface area contributed by atoms with Crippen LogP contribution in [0.1, 0.15) is 83.0 Å². The lowest BCUT2D eigenvalue weighted by atomic mass is 9.80. The molecule has 8 nitrogen and oxygen atoms in total. The maximum Gasteiger partial charge on any atom is 0.471 e. The molecule has 0 saturated heterocycles. The highest BCUT2D eigenvalue weighted by atomic mass is 19.4. The van der Waals surface area contributed by atoms with Crippen LogP contribution in [0.25, 0.3) is 22.7 Å². The van der Waals surface area contributed by atoms with Crippen LogP contribution in [-0.2, 0) is 17.9 Å². The number of imidazole rings is 1. The summed E-state index contributed by atoms with van der Waals surface area (Å²) in [4.78, 5) is 30.4. The molecule has 0 aliphatic heterocycles. The van der Waals surface area contributed by atoms with E-state index in [-0.39, 0.29) is 11.9 Å². The molecule has 3 aromatic heterocycles. The number of anilines is 1. The number of pyridine rings is 1. The summed E-state index contributed by atoms with van der Waals surface area (Å²) in [5, 5.41) is 5.46. The summed E-state index contributed by atoms with van der Waals surface area (Å²) in [5.41, 5.74) is 2.92. The number of halogens is 3. The van der Waals surface area contributed by atoms with Crippen molar-refractivity contribution in [3.8, 4) is 11.5 Å². The van der Waals surface area contributed by atoms with Gasteiger partial charge >= 0.3 is 12.1 Å². The van der Waals surface area contributed by atoms with Crippen LogP contribution in [0.4, 0.5) is 19.0 Å². The highest BCUT2D eigenvalue weighted by molar-refractivity contribution is 5.87. The van der Waals surface area contributed by atoms with Crippen LogP contribution in [0.3, 0.4) is 0 Å². The van der Waals surface area contributed by atoms with Gasteiger partial charge in [-0.25, -0.2) is 15.0 Å². The molecule has 0 spiro atoms. The minimum absolute atomic E-state index is 0.0648. The number of aromatic nitrogens is 5. The SMILES string of the molecule is C=CC1CCC(Cn2c(-c3cc(C(C)C)ccn3)nc3nc(CNC(=O)C(F)(F)F)nc(N[C@H](C)C4CCC4)c32)CC1. The number of hydrogen-bond acceptors (Lipinski definition) is 6. The van der Waals surface area contributed by atoms with E-state index in [1.54, 1.807) is 6.20 Å². The second-order valence-electron chi connectivity index (χ2n) is 12.2. The number of alkyl halides is 3. The van der Waals surface area contributed by atoms with Gasteiger partial charge in [0, 0.05) is 18.8 Å². The molecule has 3 aromatic rings. The predicted molar refractivity (Wildman–Crippen MR) is 157 cm³/mol. The lowest BCUT2D eigenvalue weighted by Crippen LogP contribution is -2.36. The van der Waals surface area contributed by atoms with Crippen LogP contribution in [0, 0.1) is 17.8 Å². The van der Waals surface area contributed by atoms with E-state index >= 15 is 0 Å². The summed E-state index contributed by atoms with van der Waals surface area (Å²) in [6.07, 6.45) is 6.52. The monoisotopic (exact) mass is 583 g/mol. The first kappa shape index (κ1) is 30.0. The highest BCUT2D eigenvalue weighted by Crippen LogP contribution is 2.36. The second kappa shape index (κ2) is 12.4. The summed E-state index contributed by atoms with van der Waals surface area (Å²) in [6, 6.07) is 4.14. The first-order valence-corrected chi connectivity index (χ1v) is 15.0. The fourth-order valence-corrected chi connectivity index (χ4v) is 5.96. The smallest absolute Gasteiger partial charge is 0.365 e. The lowest BCUT2D eigenvalue weighted by molar-refractivity contribution is -0.173. The molecule has 226 valence electrons. The molecule has 2 saturated carbocycles. The number of carbonyl (C=O) groups excluding carboxylic acids is 1. The Balaban J connectivity index is 1.60. The van der Waals surface area contributed by atoms with Gasteiger partial charge in [0.1, 0.15) is 11.2 Å². The van der Waals surface area contributed by atoms with Gasteiger partial charge in [-0.3, -0.25) is 9.78 Å². The van der Waals surface area contributed by atoms with Crippen LogP contribution in [0.15, 0.2) is 31.0 Å². The predicted octanol–water partition coefficient (Wildman–Crippen LogP) is 6.78. The number of carbonyl (C=O) groups is 1. The number of fused-ring (bicyclic) bond motifs is 1. The number of amides is 1. The van der Waals surface area contributed by atoms with Crippen molar-refractivity contribution in [1.29, 1.82) is 0 Å². The summed E-state index contributed by atoms with van der Waals surface area (Å²) in [6.45, 7) is 10.6. The summed E-state index contributed by atoms with van der Waals surface area (Å²) < 4.78 is 40.8. The van der Waals surface area contributed by atoms with Gasteiger partial charge in [-0.1, -0.05) is 26.3 Å². The average molecular weight is 584 g/mol. The largest absolute Gasteiger partial charge is 0.471 e. The third kappa shape index (κ3) is 6.60. The Morgan fingerprint density at radius 1 is 1.12 bits per heavy atom. The van der Waals surface area contributed by atoms with E-state index in [0.29, 0.717) is 58.7 Å². The third-order valence-electron chi connectivity index (χ3n) is 8.88. The molecule has 0 unspecified atom stereocenters. The van der Waals surface area contributed by atoms with Crippen LogP contribution in [0.5, 0.6) is 0 Å². The summed E-state index contributed by atoms with van der Waals surface area (Å²) in [5.74, 6) is 0.935. The first-order valence-electron chi connectivity index (χ1n) is 15.0. The Kier molecular flexibility index (Phi) is 8.84. The Morgan fingerprint density at radius 3 is 2.48 bits per heavy atom. The van der Waals surface area contributed by atoms with Gasteiger partial charge in [0.25, 0.3) is 0 Å². The minimum Gasteiger partial charge on any atom is -0.365 e. The van der Waals surface area contributed by atoms with Crippen LogP contribution >= 0.6 is 0 Å². The Morgan fingerprint density at radius 2 is 1.86 bits per heavy atom. The standard InChI is InChI=1S/C31H40F3N7O/c1-5-20-9-11-21(12-10-20)17-41-26-27(37-19(4)22-7-6-8-22)38-25(16-36-30(42)31(32,33)34)39-28(26)40-29(41)24-15-23(18(2)3)13-14-35-24/h5,13-15,18-22H,1,6-12,16-17H2,2-4H3,(H,36,42)(H,37,38,39)/t19-,20?,21?/m1/s1. The molecule has 2 fully saturated rings. The molecule has 42 heavy (non-hydrogen) atoms. The quantitative estimate of drug-likeness (QED) is 0.255. The molecule has 1 atom stereocenters. The third-order valence-corrected chi connectivity index (χ3v) is 8.88. The molecule has 2 aliphatic carbocycles. The minimum atomic E-state index is -4.99. The molecule has 0 aromatic carbocycles. The number of nitrogens with one attached hydrogen (secondary N) is 2. The number of hydrogen-bond donors (Lipinski definition) is 2. The molecular formula is C31H40F3N7O. The van der Waals surface area contributed by atoms with Gasteiger partial charge < -0.3 is 15.2 Å². The normalized spacial score (nSPS) is 20.4. The molecule has 2 aliphatic rings. The van der Waals surface area contributed by atoms with Crippen molar-refractivity contribution in [3.05, 3.63) is 42.4 Å². The molecular weight excluding hydrogens is 543 g/mol. The van der Waals surface area contributed by atoms with Crippen molar-refractivity contribution in [2.45, 2.75) is 96.9 Å². The van der Waals surface area contributed by atoms with E-state index in [4.69, 9.17) is 4.98 Å². The van der Waals surface area contributed by atoms with E-state index in [1.165, 1.54) is 6.42 Å². The maximum atomic E-state index is 12.9. The van der Waals surface area contributed by atoms with E-state index < -0.39 is 18.6 Å². The lowest BCUT2D eigenvalue weighted by Gasteiger charge is -2.32. The van der Waals surface area contributed by atoms with Gasteiger partial charge in [0.15, 0.2) is 23.1 Å². The van der Waals surface area contributed by atoms with Crippen molar-refractivity contribution < 1.29 is 18.0 Å². The Hall–Kier alpha value is -3.50. The van der Waals surface area contributed by atoms with Crippen LogP contribution in [0.2, 0.25) is 0 Å².